The molecule has 1 fully saturated rings. The first kappa shape index (κ1) is 19.9. The minimum absolute atomic E-state index is 0.0566. The fraction of sp³-hybridized carbons (Fsp3) is 0.391. The summed E-state index contributed by atoms with van der Waals surface area (Å²) in [6.07, 6.45) is 4.14. The van der Waals surface area contributed by atoms with Crippen molar-refractivity contribution in [2.24, 2.45) is 11.7 Å². The third kappa shape index (κ3) is 6.12. The Balaban J connectivity index is 1.40. The van der Waals surface area contributed by atoms with Crippen LogP contribution in [-0.2, 0) is 22.4 Å². The lowest BCUT2D eigenvalue weighted by Gasteiger charge is -2.32. The zero-order chi connectivity index (χ0) is 19.8. The number of piperidine rings is 1. The SMILES string of the molecule is NC(=O)CCc1ccc(CC2CCN(C(=O)COc3ccccc3)CC2)cc1. The molecule has 2 N–H and O–H groups in total. The number of benzene rings is 2. The molecule has 0 saturated carbocycles. The molecule has 2 aromatic rings. The van der Waals surface area contributed by atoms with E-state index in [1.165, 1.54) is 5.56 Å². The predicted octanol–water partition coefficient (Wildman–Crippen LogP) is 2.96. The van der Waals surface area contributed by atoms with E-state index < -0.39 is 0 Å². The molecule has 0 bridgehead atoms. The van der Waals surface area contributed by atoms with Crippen LogP contribution in [-0.4, -0.2) is 36.4 Å². The van der Waals surface area contributed by atoms with Gasteiger partial charge in [0, 0.05) is 19.5 Å². The molecule has 0 spiro atoms. The highest BCUT2D eigenvalue weighted by atomic mass is 16.5. The van der Waals surface area contributed by atoms with Crippen LogP contribution in [0.25, 0.3) is 0 Å². The van der Waals surface area contributed by atoms with Crippen LogP contribution in [0.5, 0.6) is 5.75 Å². The van der Waals surface area contributed by atoms with Crippen molar-refractivity contribution >= 4 is 11.8 Å². The van der Waals surface area contributed by atoms with Crippen molar-refractivity contribution in [3.8, 4) is 5.75 Å². The highest BCUT2D eigenvalue weighted by molar-refractivity contribution is 5.77. The summed E-state index contributed by atoms with van der Waals surface area (Å²) in [5.74, 6) is 1.11. The summed E-state index contributed by atoms with van der Waals surface area (Å²) in [4.78, 5) is 25.1. The maximum atomic E-state index is 12.4. The van der Waals surface area contributed by atoms with Gasteiger partial charge < -0.3 is 15.4 Å². The van der Waals surface area contributed by atoms with Crippen LogP contribution >= 0.6 is 0 Å². The van der Waals surface area contributed by atoms with Gasteiger partial charge in [0.2, 0.25) is 5.91 Å². The Labute approximate surface area is 166 Å². The van der Waals surface area contributed by atoms with Crippen molar-refractivity contribution in [2.45, 2.75) is 32.1 Å². The number of amides is 2. The van der Waals surface area contributed by atoms with Gasteiger partial charge in [-0.15, -0.1) is 0 Å². The average molecular weight is 380 g/mol. The maximum absolute atomic E-state index is 12.4. The van der Waals surface area contributed by atoms with E-state index >= 15 is 0 Å². The molecule has 0 radical (unpaired) electrons. The van der Waals surface area contributed by atoms with Crippen molar-refractivity contribution in [1.29, 1.82) is 0 Å². The Kier molecular flexibility index (Phi) is 7.06. The van der Waals surface area contributed by atoms with Crippen LogP contribution < -0.4 is 10.5 Å². The standard InChI is InChI=1S/C23H28N2O3/c24-22(26)11-10-18-6-8-19(9-7-18)16-20-12-14-25(15-13-20)23(27)17-28-21-4-2-1-3-5-21/h1-9,20H,10-17H2,(H2,24,26). The number of aryl methyl sites for hydroxylation is 1. The molecule has 1 heterocycles. The fourth-order valence-corrected chi connectivity index (χ4v) is 3.58. The zero-order valence-corrected chi connectivity index (χ0v) is 16.2. The fourth-order valence-electron chi connectivity index (χ4n) is 3.58. The number of ether oxygens (including phenoxy) is 1. The lowest BCUT2D eigenvalue weighted by Crippen LogP contribution is -2.41. The van der Waals surface area contributed by atoms with Gasteiger partial charge in [0.05, 0.1) is 0 Å². The summed E-state index contributed by atoms with van der Waals surface area (Å²) in [6.45, 7) is 1.68. The second-order valence-electron chi connectivity index (χ2n) is 7.41. The van der Waals surface area contributed by atoms with E-state index in [0.717, 1.165) is 43.7 Å². The van der Waals surface area contributed by atoms with Crippen LogP contribution in [0.2, 0.25) is 0 Å². The van der Waals surface area contributed by atoms with E-state index in [1.54, 1.807) is 0 Å². The molecular weight excluding hydrogens is 352 g/mol. The summed E-state index contributed by atoms with van der Waals surface area (Å²) in [6, 6.07) is 17.9. The molecule has 1 saturated heterocycles. The van der Waals surface area contributed by atoms with Crippen molar-refractivity contribution in [3.63, 3.8) is 0 Å². The summed E-state index contributed by atoms with van der Waals surface area (Å²) in [5, 5.41) is 0. The van der Waals surface area contributed by atoms with Gasteiger partial charge in [-0.2, -0.15) is 0 Å². The van der Waals surface area contributed by atoms with Gasteiger partial charge >= 0.3 is 0 Å². The van der Waals surface area contributed by atoms with Gasteiger partial charge in [0.15, 0.2) is 6.61 Å². The Hall–Kier alpha value is -2.82. The Morgan fingerprint density at radius 3 is 2.25 bits per heavy atom. The molecule has 0 atom stereocenters. The first-order valence-electron chi connectivity index (χ1n) is 9.92. The van der Waals surface area contributed by atoms with E-state index in [-0.39, 0.29) is 18.4 Å². The first-order chi connectivity index (χ1) is 13.6. The normalized spacial score (nSPS) is 14.6. The van der Waals surface area contributed by atoms with Gasteiger partial charge in [-0.3, -0.25) is 9.59 Å². The van der Waals surface area contributed by atoms with Gasteiger partial charge in [-0.1, -0.05) is 42.5 Å². The summed E-state index contributed by atoms with van der Waals surface area (Å²) < 4.78 is 5.57. The minimum Gasteiger partial charge on any atom is -0.484 e. The van der Waals surface area contributed by atoms with Crippen molar-refractivity contribution in [1.82, 2.24) is 4.90 Å². The topological polar surface area (TPSA) is 72.6 Å². The quantitative estimate of drug-likeness (QED) is 0.765. The Morgan fingerprint density at radius 1 is 0.964 bits per heavy atom. The van der Waals surface area contributed by atoms with E-state index in [9.17, 15) is 9.59 Å². The number of nitrogens with zero attached hydrogens (tertiary/aromatic N) is 1. The van der Waals surface area contributed by atoms with Gasteiger partial charge in [0.1, 0.15) is 5.75 Å². The number of hydrogen-bond acceptors (Lipinski definition) is 3. The third-order valence-corrected chi connectivity index (χ3v) is 5.28. The molecule has 2 aromatic carbocycles. The lowest BCUT2D eigenvalue weighted by molar-refractivity contribution is -0.134. The number of para-hydroxylation sites is 1. The van der Waals surface area contributed by atoms with Crippen molar-refractivity contribution in [2.75, 3.05) is 19.7 Å². The summed E-state index contributed by atoms with van der Waals surface area (Å²) >= 11 is 0. The molecule has 148 valence electrons. The molecule has 5 nitrogen and oxygen atoms in total. The number of nitrogens with two attached hydrogens (primary N) is 1. The van der Waals surface area contributed by atoms with Crippen LogP contribution in [0.15, 0.2) is 54.6 Å². The zero-order valence-electron chi connectivity index (χ0n) is 16.2. The largest absolute Gasteiger partial charge is 0.484 e. The van der Waals surface area contributed by atoms with E-state index in [2.05, 4.69) is 24.3 Å². The monoisotopic (exact) mass is 380 g/mol. The van der Waals surface area contributed by atoms with Crippen molar-refractivity contribution in [3.05, 3.63) is 65.7 Å². The van der Waals surface area contributed by atoms with E-state index in [4.69, 9.17) is 10.5 Å². The molecule has 1 aliphatic rings. The Morgan fingerprint density at radius 2 is 1.61 bits per heavy atom. The molecule has 2 amide bonds. The second kappa shape index (κ2) is 9.93. The molecule has 0 unspecified atom stereocenters. The number of carbonyl (C=O) groups is 2. The molecule has 0 aliphatic carbocycles. The van der Waals surface area contributed by atoms with E-state index in [1.807, 2.05) is 35.2 Å². The summed E-state index contributed by atoms with van der Waals surface area (Å²) in [7, 11) is 0. The number of carbonyl (C=O) groups excluding carboxylic acids is 2. The minimum atomic E-state index is -0.264. The predicted molar refractivity (Wildman–Crippen MR) is 109 cm³/mol. The average Bonchev–Trinajstić information content (AvgIpc) is 2.73. The second-order valence-corrected chi connectivity index (χ2v) is 7.41. The molecule has 1 aliphatic heterocycles. The van der Waals surface area contributed by atoms with Crippen LogP contribution in [0, 0.1) is 5.92 Å². The van der Waals surface area contributed by atoms with Gasteiger partial charge in [-0.05, 0) is 54.9 Å². The number of hydrogen-bond donors (Lipinski definition) is 1. The molecule has 3 rings (SSSR count). The first-order valence-corrected chi connectivity index (χ1v) is 9.92. The van der Waals surface area contributed by atoms with E-state index in [0.29, 0.717) is 18.8 Å². The summed E-state index contributed by atoms with van der Waals surface area (Å²) in [5.41, 5.74) is 7.65. The molecular formula is C23H28N2O3. The lowest BCUT2D eigenvalue weighted by atomic mass is 9.89. The molecule has 5 heteroatoms. The number of primary amides is 1. The van der Waals surface area contributed by atoms with Crippen LogP contribution in [0.1, 0.15) is 30.4 Å². The number of rotatable bonds is 8. The molecule has 28 heavy (non-hydrogen) atoms. The molecule has 0 aromatic heterocycles. The van der Waals surface area contributed by atoms with Gasteiger partial charge in [0.25, 0.3) is 5.91 Å². The van der Waals surface area contributed by atoms with Crippen LogP contribution in [0.4, 0.5) is 0 Å². The highest BCUT2D eigenvalue weighted by Crippen LogP contribution is 2.22. The van der Waals surface area contributed by atoms with Crippen molar-refractivity contribution < 1.29 is 14.3 Å². The smallest absolute Gasteiger partial charge is 0.260 e. The van der Waals surface area contributed by atoms with Crippen LogP contribution in [0.3, 0.4) is 0 Å². The Bertz CT molecular complexity index is 766. The highest BCUT2D eigenvalue weighted by Gasteiger charge is 2.23. The third-order valence-electron chi connectivity index (χ3n) is 5.28. The number of likely N-dealkylation sites (tertiary alicyclic amines) is 1. The van der Waals surface area contributed by atoms with Gasteiger partial charge in [-0.25, -0.2) is 0 Å². The maximum Gasteiger partial charge on any atom is 0.260 e.